The highest BCUT2D eigenvalue weighted by Gasteiger charge is 2.28. The van der Waals surface area contributed by atoms with Crippen molar-refractivity contribution in [3.63, 3.8) is 0 Å². The fraction of sp³-hybridized carbons (Fsp3) is 1.00. The van der Waals surface area contributed by atoms with Gasteiger partial charge in [-0.15, -0.1) is 0 Å². The zero-order chi connectivity index (χ0) is 11.5. The van der Waals surface area contributed by atoms with Crippen molar-refractivity contribution in [3.05, 3.63) is 0 Å². The van der Waals surface area contributed by atoms with Crippen LogP contribution >= 0.6 is 0 Å². The molecule has 98 valence electrons. The van der Waals surface area contributed by atoms with Crippen LogP contribution in [-0.2, 0) is 0 Å². The van der Waals surface area contributed by atoms with Crippen molar-refractivity contribution in [1.29, 1.82) is 0 Å². The van der Waals surface area contributed by atoms with Crippen LogP contribution in [0.2, 0.25) is 0 Å². The van der Waals surface area contributed by atoms with Gasteiger partial charge in [-0.2, -0.15) is 0 Å². The first-order chi connectivity index (χ1) is 8.40. The third kappa shape index (κ3) is 4.26. The predicted molar refractivity (Wildman–Crippen MR) is 72.1 cm³/mol. The second kappa shape index (κ2) is 5.71. The van der Waals surface area contributed by atoms with E-state index in [0.29, 0.717) is 0 Å². The highest BCUT2D eigenvalue weighted by atomic mass is 15.1. The summed E-state index contributed by atoms with van der Waals surface area (Å²) in [4.78, 5) is 2.79. The number of hydrogen-bond acceptors (Lipinski definition) is 2. The molecule has 1 atom stereocenters. The van der Waals surface area contributed by atoms with Gasteiger partial charge in [0, 0.05) is 13.1 Å². The molecule has 1 heterocycles. The van der Waals surface area contributed by atoms with Gasteiger partial charge in [0.05, 0.1) is 0 Å². The van der Waals surface area contributed by atoms with Crippen molar-refractivity contribution in [2.24, 2.45) is 17.8 Å². The zero-order valence-corrected chi connectivity index (χ0v) is 11.2. The summed E-state index contributed by atoms with van der Waals surface area (Å²) in [5.74, 6) is 3.13. The summed E-state index contributed by atoms with van der Waals surface area (Å²) in [6.45, 7) is 6.76. The van der Waals surface area contributed by atoms with Crippen LogP contribution in [0.25, 0.3) is 0 Å². The van der Waals surface area contributed by atoms with Gasteiger partial charge < -0.3 is 10.2 Å². The molecule has 1 unspecified atom stereocenters. The quantitative estimate of drug-likeness (QED) is 0.696. The van der Waals surface area contributed by atoms with Crippen molar-refractivity contribution in [2.75, 3.05) is 32.7 Å². The van der Waals surface area contributed by atoms with E-state index in [1.165, 1.54) is 77.7 Å². The van der Waals surface area contributed by atoms with Gasteiger partial charge >= 0.3 is 0 Å². The lowest BCUT2D eigenvalue weighted by molar-refractivity contribution is 0.242. The van der Waals surface area contributed by atoms with Crippen LogP contribution < -0.4 is 5.32 Å². The van der Waals surface area contributed by atoms with Gasteiger partial charge in [-0.3, -0.25) is 0 Å². The van der Waals surface area contributed by atoms with Crippen molar-refractivity contribution < 1.29 is 0 Å². The van der Waals surface area contributed by atoms with E-state index in [0.717, 1.165) is 17.8 Å². The SMILES string of the molecule is C(CC1CCNC1)CN(CC1CC1)CC1CC1. The summed E-state index contributed by atoms with van der Waals surface area (Å²) in [6, 6.07) is 0. The van der Waals surface area contributed by atoms with Gasteiger partial charge in [0.2, 0.25) is 0 Å². The standard InChI is InChI=1S/C15H28N2/c1(2-13-7-8-16-10-13)9-17(11-14-3-4-14)12-15-5-6-15/h13-16H,1-12H2. The first-order valence-electron chi connectivity index (χ1n) is 7.83. The maximum Gasteiger partial charge on any atom is 0.000978 e. The second-order valence-electron chi connectivity index (χ2n) is 6.65. The van der Waals surface area contributed by atoms with Crippen LogP contribution in [0.1, 0.15) is 44.9 Å². The summed E-state index contributed by atoms with van der Waals surface area (Å²) < 4.78 is 0. The highest BCUT2D eigenvalue weighted by Crippen LogP contribution is 2.33. The molecule has 3 rings (SSSR count). The van der Waals surface area contributed by atoms with Gasteiger partial charge in [0.15, 0.2) is 0 Å². The molecule has 1 N–H and O–H groups in total. The van der Waals surface area contributed by atoms with E-state index in [1.807, 2.05) is 0 Å². The van der Waals surface area contributed by atoms with E-state index >= 15 is 0 Å². The monoisotopic (exact) mass is 236 g/mol. The molecule has 17 heavy (non-hydrogen) atoms. The molecule has 1 aliphatic heterocycles. The third-order valence-electron chi connectivity index (χ3n) is 4.68. The highest BCUT2D eigenvalue weighted by molar-refractivity contribution is 4.82. The Kier molecular flexibility index (Phi) is 4.02. The van der Waals surface area contributed by atoms with Gasteiger partial charge in [-0.1, -0.05) is 0 Å². The fourth-order valence-electron chi connectivity index (χ4n) is 3.15. The number of rotatable bonds is 8. The predicted octanol–water partition coefficient (Wildman–Crippen LogP) is 2.50. The Morgan fingerprint density at radius 1 is 0.882 bits per heavy atom. The maximum absolute atomic E-state index is 3.48. The van der Waals surface area contributed by atoms with Crippen molar-refractivity contribution in [2.45, 2.75) is 44.9 Å². The average Bonchev–Trinajstić information content (AvgIpc) is 3.23. The van der Waals surface area contributed by atoms with E-state index in [4.69, 9.17) is 0 Å². The molecular weight excluding hydrogens is 208 g/mol. The number of hydrogen-bond donors (Lipinski definition) is 1. The average molecular weight is 236 g/mol. The van der Waals surface area contributed by atoms with Gasteiger partial charge in [-0.05, 0) is 82.3 Å². The minimum Gasteiger partial charge on any atom is -0.316 e. The van der Waals surface area contributed by atoms with Gasteiger partial charge in [0.25, 0.3) is 0 Å². The van der Waals surface area contributed by atoms with Crippen molar-refractivity contribution in [3.8, 4) is 0 Å². The normalized spacial score (nSPS) is 29.1. The van der Waals surface area contributed by atoms with E-state index in [-0.39, 0.29) is 0 Å². The molecule has 3 fully saturated rings. The van der Waals surface area contributed by atoms with Crippen LogP contribution in [-0.4, -0.2) is 37.6 Å². The zero-order valence-electron chi connectivity index (χ0n) is 11.2. The second-order valence-corrected chi connectivity index (χ2v) is 6.65. The molecule has 2 heteroatoms. The van der Waals surface area contributed by atoms with Crippen LogP contribution in [0.3, 0.4) is 0 Å². The minimum atomic E-state index is 0.985. The fourth-order valence-corrected chi connectivity index (χ4v) is 3.15. The maximum atomic E-state index is 3.48. The van der Waals surface area contributed by atoms with Gasteiger partial charge in [0.1, 0.15) is 0 Å². The molecule has 0 aromatic carbocycles. The van der Waals surface area contributed by atoms with Crippen molar-refractivity contribution in [1.82, 2.24) is 10.2 Å². The topological polar surface area (TPSA) is 15.3 Å². The lowest BCUT2D eigenvalue weighted by atomic mass is 10.0. The van der Waals surface area contributed by atoms with E-state index in [1.54, 1.807) is 0 Å². The Morgan fingerprint density at radius 3 is 2.12 bits per heavy atom. The molecule has 2 nitrogen and oxygen atoms in total. The molecule has 0 aromatic rings. The molecular formula is C15H28N2. The lowest BCUT2D eigenvalue weighted by Crippen LogP contribution is -2.29. The minimum absolute atomic E-state index is 0.985. The molecule has 0 aromatic heterocycles. The smallest absolute Gasteiger partial charge is 0.000978 e. The molecule has 0 bridgehead atoms. The molecule has 2 aliphatic carbocycles. The Morgan fingerprint density at radius 2 is 1.59 bits per heavy atom. The van der Waals surface area contributed by atoms with E-state index in [2.05, 4.69) is 10.2 Å². The Labute approximate surface area is 106 Å². The molecule has 0 radical (unpaired) electrons. The third-order valence-corrected chi connectivity index (χ3v) is 4.68. The van der Waals surface area contributed by atoms with Crippen LogP contribution in [0.5, 0.6) is 0 Å². The van der Waals surface area contributed by atoms with Crippen LogP contribution in [0.15, 0.2) is 0 Å². The number of nitrogens with one attached hydrogen (secondary N) is 1. The summed E-state index contributed by atoms with van der Waals surface area (Å²) in [6.07, 6.45) is 10.3. The first-order valence-corrected chi connectivity index (χ1v) is 7.83. The lowest BCUT2D eigenvalue weighted by Gasteiger charge is -2.22. The molecule has 1 saturated heterocycles. The van der Waals surface area contributed by atoms with E-state index in [9.17, 15) is 0 Å². The van der Waals surface area contributed by atoms with Crippen LogP contribution in [0, 0.1) is 17.8 Å². The summed E-state index contributed by atoms with van der Waals surface area (Å²) in [5.41, 5.74) is 0. The van der Waals surface area contributed by atoms with E-state index < -0.39 is 0 Å². The Bertz CT molecular complexity index is 213. The van der Waals surface area contributed by atoms with Crippen LogP contribution in [0.4, 0.5) is 0 Å². The number of nitrogens with zero attached hydrogens (tertiary/aromatic N) is 1. The molecule has 2 saturated carbocycles. The Hall–Kier alpha value is -0.0800. The summed E-state index contributed by atoms with van der Waals surface area (Å²) in [7, 11) is 0. The largest absolute Gasteiger partial charge is 0.316 e. The van der Waals surface area contributed by atoms with Crippen molar-refractivity contribution >= 4 is 0 Å². The molecule has 3 aliphatic rings. The summed E-state index contributed by atoms with van der Waals surface area (Å²) >= 11 is 0. The Balaban J connectivity index is 1.33. The summed E-state index contributed by atoms with van der Waals surface area (Å²) in [5, 5.41) is 3.48. The molecule has 0 amide bonds. The van der Waals surface area contributed by atoms with Gasteiger partial charge in [-0.25, -0.2) is 0 Å². The first kappa shape index (κ1) is 12.0. The molecule has 0 spiro atoms.